The molecule has 136 valence electrons. The van der Waals surface area contributed by atoms with Crippen LogP contribution in [0, 0.1) is 12.7 Å². The summed E-state index contributed by atoms with van der Waals surface area (Å²) >= 11 is 5.95. The fraction of sp³-hybridized carbons (Fsp3) is 0.133. The van der Waals surface area contributed by atoms with Crippen molar-refractivity contribution in [1.82, 2.24) is 10.1 Å². The zero-order valence-electron chi connectivity index (χ0n) is 12.8. The Hall–Kier alpha value is -2.88. The predicted octanol–water partition coefficient (Wildman–Crippen LogP) is 4.70. The molecule has 1 N–H and O–H groups in total. The maximum atomic E-state index is 14.1. The molecule has 0 aliphatic carbocycles. The standard InChI is InChI=1S/C15H8ClF4N3O3/c1-6-10(12(23-26-6)11-7(16)3-2-4-8(11)17)13(24)22-14-21-9(5-25-14)15(18,19)20/h2-5H,1H3,(H,21,22,24). The SMILES string of the molecule is Cc1onc(-c2c(F)cccc2Cl)c1C(=O)Nc1nc(C(F)(F)F)co1. The molecule has 0 saturated carbocycles. The first kappa shape index (κ1) is 17.9. The molecule has 0 saturated heterocycles. The van der Waals surface area contributed by atoms with Crippen molar-refractivity contribution in [2.45, 2.75) is 13.1 Å². The number of hydrogen-bond donors (Lipinski definition) is 1. The number of oxazole rings is 1. The number of nitrogens with one attached hydrogen (secondary N) is 1. The third kappa shape index (κ3) is 3.27. The largest absolute Gasteiger partial charge is 0.436 e. The van der Waals surface area contributed by atoms with E-state index in [0.717, 1.165) is 6.07 Å². The highest BCUT2D eigenvalue weighted by Gasteiger charge is 2.35. The number of alkyl halides is 3. The molecule has 3 aromatic rings. The van der Waals surface area contributed by atoms with Gasteiger partial charge in [0.05, 0.1) is 10.6 Å². The normalized spacial score (nSPS) is 11.6. The van der Waals surface area contributed by atoms with E-state index in [1.807, 2.05) is 5.32 Å². The van der Waals surface area contributed by atoms with Gasteiger partial charge in [-0.25, -0.2) is 4.39 Å². The van der Waals surface area contributed by atoms with Crippen molar-refractivity contribution in [2.75, 3.05) is 5.32 Å². The summed E-state index contributed by atoms with van der Waals surface area (Å²) < 4.78 is 61.2. The van der Waals surface area contributed by atoms with Gasteiger partial charge in [-0.3, -0.25) is 10.1 Å². The minimum atomic E-state index is -4.73. The molecule has 0 aliphatic rings. The van der Waals surface area contributed by atoms with Crippen LogP contribution in [-0.4, -0.2) is 16.0 Å². The van der Waals surface area contributed by atoms with Gasteiger partial charge in [-0.05, 0) is 19.1 Å². The summed E-state index contributed by atoms with van der Waals surface area (Å²) in [5.74, 6) is -1.71. The molecule has 0 bridgehead atoms. The molecule has 0 fully saturated rings. The van der Waals surface area contributed by atoms with E-state index in [-0.39, 0.29) is 27.6 Å². The van der Waals surface area contributed by atoms with Gasteiger partial charge in [-0.15, -0.1) is 0 Å². The van der Waals surface area contributed by atoms with Crippen LogP contribution < -0.4 is 5.32 Å². The lowest BCUT2D eigenvalue weighted by Crippen LogP contribution is -2.14. The van der Waals surface area contributed by atoms with Crippen LogP contribution in [0.5, 0.6) is 0 Å². The van der Waals surface area contributed by atoms with Crippen molar-refractivity contribution >= 4 is 23.5 Å². The Morgan fingerprint density at radius 3 is 2.65 bits per heavy atom. The van der Waals surface area contributed by atoms with Crippen LogP contribution in [0.15, 0.2) is 33.4 Å². The Morgan fingerprint density at radius 2 is 2.04 bits per heavy atom. The van der Waals surface area contributed by atoms with Gasteiger partial charge in [-0.2, -0.15) is 18.2 Å². The lowest BCUT2D eigenvalue weighted by Gasteiger charge is -2.05. The van der Waals surface area contributed by atoms with E-state index < -0.39 is 29.6 Å². The third-order valence-electron chi connectivity index (χ3n) is 3.30. The molecule has 2 aromatic heterocycles. The number of benzene rings is 1. The van der Waals surface area contributed by atoms with E-state index in [1.54, 1.807) is 0 Å². The summed E-state index contributed by atoms with van der Waals surface area (Å²) in [6, 6.07) is 3.17. The lowest BCUT2D eigenvalue weighted by atomic mass is 10.1. The zero-order valence-corrected chi connectivity index (χ0v) is 13.6. The molecule has 11 heteroatoms. The van der Waals surface area contributed by atoms with Crippen LogP contribution in [0.2, 0.25) is 5.02 Å². The molecular formula is C15H8ClF4N3O3. The number of halogens is 5. The highest BCUT2D eigenvalue weighted by Crippen LogP contribution is 2.34. The van der Waals surface area contributed by atoms with Crippen LogP contribution in [0.25, 0.3) is 11.3 Å². The quantitative estimate of drug-likeness (QED) is 0.656. The Balaban J connectivity index is 1.96. The maximum Gasteiger partial charge on any atom is 0.436 e. The summed E-state index contributed by atoms with van der Waals surface area (Å²) in [6.45, 7) is 1.37. The van der Waals surface area contributed by atoms with Crippen LogP contribution in [-0.2, 0) is 6.18 Å². The van der Waals surface area contributed by atoms with E-state index >= 15 is 0 Å². The summed E-state index contributed by atoms with van der Waals surface area (Å²) in [7, 11) is 0. The monoisotopic (exact) mass is 389 g/mol. The molecule has 0 radical (unpaired) electrons. The van der Waals surface area contributed by atoms with E-state index in [4.69, 9.17) is 16.1 Å². The molecule has 1 aromatic carbocycles. The number of aryl methyl sites for hydroxylation is 1. The number of nitrogens with zero attached hydrogens (tertiary/aromatic N) is 2. The molecule has 0 atom stereocenters. The number of rotatable bonds is 3. The molecule has 1 amide bonds. The molecule has 3 rings (SSSR count). The van der Waals surface area contributed by atoms with Crippen molar-refractivity contribution in [1.29, 1.82) is 0 Å². The summed E-state index contributed by atoms with van der Waals surface area (Å²) in [5, 5.41) is 5.64. The number of anilines is 1. The average molecular weight is 390 g/mol. The Bertz CT molecular complexity index is 961. The molecule has 0 spiro atoms. The molecular weight excluding hydrogens is 382 g/mol. The molecule has 26 heavy (non-hydrogen) atoms. The van der Waals surface area contributed by atoms with Crippen molar-refractivity contribution in [2.24, 2.45) is 0 Å². The smallest absolute Gasteiger partial charge is 0.431 e. The number of hydrogen-bond acceptors (Lipinski definition) is 5. The minimum absolute atomic E-state index is 0.000536. The first-order chi connectivity index (χ1) is 12.2. The van der Waals surface area contributed by atoms with Gasteiger partial charge in [0.1, 0.15) is 29.1 Å². The van der Waals surface area contributed by atoms with Gasteiger partial charge in [0.15, 0.2) is 5.69 Å². The van der Waals surface area contributed by atoms with Crippen molar-refractivity contribution in [3.05, 3.63) is 52.3 Å². The second kappa shape index (κ2) is 6.45. The van der Waals surface area contributed by atoms with E-state index in [9.17, 15) is 22.4 Å². The van der Waals surface area contributed by atoms with E-state index in [0.29, 0.717) is 6.26 Å². The highest BCUT2D eigenvalue weighted by molar-refractivity contribution is 6.33. The Kier molecular flexibility index (Phi) is 4.45. The topological polar surface area (TPSA) is 81.2 Å². The number of carbonyl (C=O) groups is 1. The predicted molar refractivity (Wildman–Crippen MR) is 81.1 cm³/mol. The van der Waals surface area contributed by atoms with Crippen LogP contribution >= 0.6 is 11.6 Å². The number of amides is 1. The average Bonchev–Trinajstić information content (AvgIpc) is 3.14. The van der Waals surface area contributed by atoms with Gasteiger partial charge in [0.25, 0.3) is 5.91 Å². The first-order valence-electron chi connectivity index (χ1n) is 6.93. The zero-order chi connectivity index (χ0) is 19.1. The van der Waals surface area contributed by atoms with E-state index in [2.05, 4.69) is 14.6 Å². The third-order valence-corrected chi connectivity index (χ3v) is 3.62. The van der Waals surface area contributed by atoms with Crippen molar-refractivity contribution in [3.8, 4) is 11.3 Å². The fourth-order valence-electron chi connectivity index (χ4n) is 2.16. The maximum absolute atomic E-state index is 14.1. The lowest BCUT2D eigenvalue weighted by molar-refractivity contribution is -0.141. The first-order valence-corrected chi connectivity index (χ1v) is 7.31. The summed E-state index contributed by atoms with van der Waals surface area (Å²) in [5.41, 5.74) is -1.92. The van der Waals surface area contributed by atoms with Crippen molar-refractivity contribution < 1.29 is 31.3 Å². The molecule has 0 aliphatic heterocycles. The number of carbonyl (C=O) groups excluding carboxylic acids is 1. The van der Waals surface area contributed by atoms with Gasteiger partial charge in [0, 0.05) is 0 Å². The Morgan fingerprint density at radius 1 is 1.31 bits per heavy atom. The van der Waals surface area contributed by atoms with Crippen LogP contribution in [0.3, 0.4) is 0 Å². The highest BCUT2D eigenvalue weighted by atomic mass is 35.5. The van der Waals surface area contributed by atoms with Crippen LogP contribution in [0.1, 0.15) is 21.8 Å². The minimum Gasteiger partial charge on any atom is -0.431 e. The fourth-order valence-corrected chi connectivity index (χ4v) is 2.41. The van der Waals surface area contributed by atoms with Gasteiger partial charge in [-0.1, -0.05) is 22.8 Å². The van der Waals surface area contributed by atoms with Gasteiger partial charge in [0.2, 0.25) is 0 Å². The van der Waals surface area contributed by atoms with E-state index in [1.165, 1.54) is 19.1 Å². The summed E-state index contributed by atoms with van der Waals surface area (Å²) in [6.07, 6.45) is -4.38. The van der Waals surface area contributed by atoms with Gasteiger partial charge < -0.3 is 8.94 Å². The second-order valence-electron chi connectivity index (χ2n) is 5.05. The van der Waals surface area contributed by atoms with Crippen LogP contribution in [0.4, 0.5) is 23.6 Å². The summed E-state index contributed by atoms with van der Waals surface area (Å²) in [4.78, 5) is 15.5. The van der Waals surface area contributed by atoms with Crippen molar-refractivity contribution in [3.63, 3.8) is 0 Å². The molecule has 2 heterocycles. The molecule has 0 unspecified atom stereocenters. The second-order valence-corrected chi connectivity index (χ2v) is 5.46. The Labute approximate surface area is 147 Å². The van der Waals surface area contributed by atoms with Gasteiger partial charge >= 0.3 is 12.2 Å². The molecule has 6 nitrogen and oxygen atoms in total. The number of aromatic nitrogens is 2.